The lowest BCUT2D eigenvalue weighted by atomic mass is 9.75. The van der Waals surface area contributed by atoms with Crippen LogP contribution in [0.15, 0.2) is 48.5 Å². The first-order valence-electron chi connectivity index (χ1n) is 11.0. The minimum absolute atomic E-state index is 0.166. The number of hydrogen-bond acceptors (Lipinski definition) is 4. The van der Waals surface area contributed by atoms with E-state index >= 15 is 0 Å². The van der Waals surface area contributed by atoms with Crippen molar-refractivity contribution in [1.82, 2.24) is 10.2 Å². The lowest BCUT2D eigenvalue weighted by Crippen LogP contribution is -2.67. The average Bonchev–Trinajstić information content (AvgIpc) is 2.80. The fraction of sp³-hybridized carbons (Fsp3) is 0.440. The highest BCUT2D eigenvalue weighted by Gasteiger charge is 2.52. The van der Waals surface area contributed by atoms with Gasteiger partial charge in [0.25, 0.3) is 0 Å². The van der Waals surface area contributed by atoms with Crippen LogP contribution < -0.4 is 10.1 Å². The lowest BCUT2D eigenvalue weighted by molar-refractivity contribution is 0.0153. The molecule has 31 heavy (non-hydrogen) atoms. The number of carbonyl (C=O) groups is 1. The van der Waals surface area contributed by atoms with Crippen LogP contribution in [-0.4, -0.2) is 47.9 Å². The van der Waals surface area contributed by atoms with Crippen molar-refractivity contribution in [3.05, 3.63) is 54.1 Å². The maximum atomic E-state index is 12.9. The topological polar surface area (TPSA) is 85.6 Å². The van der Waals surface area contributed by atoms with Gasteiger partial charge in [-0.25, -0.2) is 4.79 Å². The average molecular weight is 420 g/mol. The Labute approximate surface area is 183 Å². The van der Waals surface area contributed by atoms with Gasteiger partial charge in [0.15, 0.2) is 0 Å². The number of likely N-dealkylation sites (tertiary alicyclic amines) is 1. The number of para-hydroxylation sites is 1. The van der Waals surface area contributed by atoms with Crippen molar-refractivity contribution in [1.29, 1.82) is 5.26 Å². The minimum Gasteiger partial charge on any atom is -0.496 e. The molecule has 3 atom stereocenters. The van der Waals surface area contributed by atoms with Gasteiger partial charge in [0.05, 0.1) is 25.8 Å². The SMILES string of the molecule is COc1ccccc1-c1ccc([C@H]2[C@@H](CO)N(C(=O)NC3CCCCC3)[C@H]2C#N)cc1. The van der Waals surface area contributed by atoms with Crippen molar-refractivity contribution in [3.8, 4) is 22.9 Å². The molecule has 162 valence electrons. The number of aliphatic hydroxyl groups is 1. The molecule has 2 aromatic carbocycles. The molecule has 6 nitrogen and oxygen atoms in total. The molecule has 0 radical (unpaired) electrons. The largest absolute Gasteiger partial charge is 0.496 e. The van der Waals surface area contributed by atoms with E-state index in [0.29, 0.717) is 0 Å². The number of ether oxygens (including phenoxy) is 1. The predicted molar refractivity (Wildman–Crippen MR) is 119 cm³/mol. The maximum absolute atomic E-state index is 12.9. The standard InChI is InChI=1S/C25H29N3O3/c1-31-23-10-6-5-9-20(23)17-11-13-18(14-12-17)24-21(15-26)28(22(24)16-29)25(30)27-19-7-3-2-4-8-19/h5-6,9-14,19,21-22,24,29H,2-4,7-8,16H2,1H3,(H,27,30)/t21-,22+,24+/m0/s1. The second-order valence-electron chi connectivity index (χ2n) is 8.36. The quantitative estimate of drug-likeness (QED) is 0.765. The highest BCUT2D eigenvalue weighted by Crippen LogP contribution is 2.41. The predicted octanol–water partition coefficient (Wildman–Crippen LogP) is 4.06. The Morgan fingerprint density at radius 2 is 1.87 bits per heavy atom. The zero-order valence-electron chi connectivity index (χ0n) is 17.8. The maximum Gasteiger partial charge on any atom is 0.319 e. The third-order valence-corrected chi connectivity index (χ3v) is 6.61. The van der Waals surface area contributed by atoms with Gasteiger partial charge in [0, 0.05) is 17.5 Å². The Kier molecular flexibility index (Phi) is 6.43. The van der Waals surface area contributed by atoms with Crippen LogP contribution in [0.5, 0.6) is 5.75 Å². The molecule has 2 aromatic rings. The van der Waals surface area contributed by atoms with E-state index in [4.69, 9.17) is 4.74 Å². The summed E-state index contributed by atoms with van der Waals surface area (Å²) in [7, 11) is 1.65. The first-order valence-corrected chi connectivity index (χ1v) is 11.0. The van der Waals surface area contributed by atoms with Crippen molar-refractivity contribution in [2.75, 3.05) is 13.7 Å². The van der Waals surface area contributed by atoms with Crippen LogP contribution in [0.3, 0.4) is 0 Å². The van der Waals surface area contributed by atoms with Gasteiger partial charge in [-0.1, -0.05) is 61.7 Å². The molecule has 1 saturated heterocycles. The Morgan fingerprint density at radius 1 is 1.16 bits per heavy atom. The van der Waals surface area contributed by atoms with Gasteiger partial charge < -0.3 is 20.1 Å². The number of nitrogens with one attached hydrogen (secondary N) is 1. The van der Waals surface area contributed by atoms with Crippen LogP contribution in [0.2, 0.25) is 0 Å². The van der Waals surface area contributed by atoms with Gasteiger partial charge in [-0.15, -0.1) is 0 Å². The third kappa shape index (κ3) is 4.11. The molecule has 1 aliphatic heterocycles. The third-order valence-electron chi connectivity index (χ3n) is 6.61. The highest BCUT2D eigenvalue weighted by atomic mass is 16.5. The summed E-state index contributed by atoms with van der Waals surface area (Å²) >= 11 is 0. The first-order chi connectivity index (χ1) is 15.2. The Morgan fingerprint density at radius 3 is 2.52 bits per heavy atom. The fourth-order valence-corrected chi connectivity index (χ4v) is 4.95. The summed E-state index contributed by atoms with van der Waals surface area (Å²) in [6.07, 6.45) is 5.42. The second-order valence-corrected chi connectivity index (χ2v) is 8.36. The summed E-state index contributed by atoms with van der Waals surface area (Å²) in [5, 5.41) is 22.9. The van der Waals surface area contributed by atoms with E-state index in [1.165, 1.54) is 11.3 Å². The van der Waals surface area contributed by atoms with Crippen LogP contribution in [0.4, 0.5) is 4.79 Å². The van der Waals surface area contributed by atoms with E-state index in [9.17, 15) is 15.2 Å². The molecule has 1 aliphatic carbocycles. The first kappa shape index (κ1) is 21.2. The molecule has 2 fully saturated rings. The molecule has 0 unspecified atom stereocenters. The highest BCUT2D eigenvalue weighted by molar-refractivity contribution is 5.78. The zero-order chi connectivity index (χ0) is 21.8. The molecule has 0 spiro atoms. The summed E-state index contributed by atoms with van der Waals surface area (Å²) in [5.74, 6) is 0.589. The number of hydrogen-bond donors (Lipinski definition) is 2. The van der Waals surface area contributed by atoms with Gasteiger partial charge in [0.1, 0.15) is 11.8 Å². The molecule has 2 aliphatic rings. The van der Waals surface area contributed by atoms with Gasteiger partial charge in [-0.05, 0) is 30.0 Å². The molecule has 6 heteroatoms. The monoisotopic (exact) mass is 419 g/mol. The molecule has 1 saturated carbocycles. The van der Waals surface area contributed by atoms with Crippen LogP contribution in [0.25, 0.3) is 11.1 Å². The van der Waals surface area contributed by atoms with E-state index in [0.717, 1.165) is 48.1 Å². The van der Waals surface area contributed by atoms with Crippen molar-refractivity contribution in [2.45, 2.75) is 56.1 Å². The number of nitrogens with zero attached hydrogens (tertiary/aromatic N) is 2. The van der Waals surface area contributed by atoms with Gasteiger partial charge >= 0.3 is 6.03 Å². The molecular weight excluding hydrogens is 390 g/mol. The van der Waals surface area contributed by atoms with Crippen LogP contribution in [-0.2, 0) is 0 Å². The number of rotatable bonds is 5. The van der Waals surface area contributed by atoms with Crippen LogP contribution in [0, 0.1) is 11.3 Å². The molecule has 4 rings (SSSR count). The Hall–Kier alpha value is -3.04. The number of aliphatic hydroxyl groups excluding tert-OH is 1. The van der Waals surface area contributed by atoms with Crippen molar-refractivity contribution in [2.24, 2.45) is 0 Å². The van der Waals surface area contributed by atoms with Crippen LogP contribution in [0.1, 0.15) is 43.6 Å². The number of urea groups is 1. The number of benzene rings is 2. The number of carbonyl (C=O) groups excluding carboxylic acids is 1. The lowest BCUT2D eigenvalue weighted by Gasteiger charge is -2.51. The smallest absolute Gasteiger partial charge is 0.319 e. The van der Waals surface area contributed by atoms with Gasteiger partial charge in [-0.3, -0.25) is 0 Å². The summed E-state index contributed by atoms with van der Waals surface area (Å²) in [6.45, 7) is -0.171. The van der Waals surface area contributed by atoms with Crippen LogP contribution >= 0.6 is 0 Å². The fourth-order valence-electron chi connectivity index (χ4n) is 4.95. The van der Waals surface area contributed by atoms with E-state index in [1.54, 1.807) is 7.11 Å². The summed E-state index contributed by atoms with van der Waals surface area (Å²) in [6, 6.07) is 17.0. The Bertz CT molecular complexity index is 947. The van der Waals surface area contributed by atoms with Crippen molar-refractivity contribution < 1.29 is 14.6 Å². The summed E-state index contributed by atoms with van der Waals surface area (Å²) in [5.41, 5.74) is 2.96. The summed E-state index contributed by atoms with van der Waals surface area (Å²) in [4.78, 5) is 14.4. The van der Waals surface area contributed by atoms with E-state index in [1.807, 2.05) is 48.5 Å². The minimum atomic E-state index is -0.585. The molecular formula is C25H29N3O3. The van der Waals surface area contributed by atoms with Crippen molar-refractivity contribution in [3.63, 3.8) is 0 Å². The van der Waals surface area contributed by atoms with E-state index < -0.39 is 12.1 Å². The molecule has 2 N–H and O–H groups in total. The van der Waals surface area contributed by atoms with E-state index in [2.05, 4.69) is 11.4 Å². The molecule has 0 bridgehead atoms. The van der Waals surface area contributed by atoms with Gasteiger partial charge in [0.2, 0.25) is 0 Å². The molecule has 0 aromatic heterocycles. The Balaban J connectivity index is 1.51. The summed E-state index contributed by atoms with van der Waals surface area (Å²) < 4.78 is 5.45. The number of nitriles is 1. The number of amides is 2. The number of methoxy groups -OCH3 is 1. The zero-order valence-corrected chi connectivity index (χ0v) is 17.8. The van der Waals surface area contributed by atoms with E-state index in [-0.39, 0.29) is 24.6 Å². The normalized spacial score (nSPS) is 23.5. The molecule has 2 amide bonds. The van der Waals surface area contributed by atoms with Gasteiger partial charge in [-0.2, -0.15) is 5.26 Å². The molecule has 1 heterocycles. The second kappa shape index (κ2) is 9.40. The van der Waals surface area contributed by atoms with Crippen molar-refractivity contribution >= 4 is 6.03 Å².